The molecular formula is C45H31F6N7O8. The van der Waals surface area contributed by atoms with Crippen LogP contribution in [0.25, 0.3) is 45.7 Å². The number of rotatable bonds is 12. The summed E-state index contributed by atoms with van der Waals surface area (Å²) < 4.78 is 94.9. The van der Waals surface area contributed by atoms with Gasteiger partial charge in [0.1, 0.15) is 11.5 Å². The molecule has 15 nitrogen and oxygen atoms in total. The van der Waals surface area contributed by atoms with Crippen LogP contribution in [0.4, 0.5) is 26.3 Å². The number of nitrogens with zero attached hydrogens (tertiary/aromatic N) is 6. The molecule has 4 heterocycles. The normalized spacial score (nSPS) is 11.4. The van der Waals surface area contributed by atoms with Crippen LogP contribution in [0.1, 0.15) is 38.8 Å². The Morgan fingerprint density at radius 3 is 1.36 bits per heavy atom. The molecule has 0 unspecified atom stereocenters. The number of nitrogens with two attached hydrogens (primary N) is 1. The Morgan fingerprint density at radius 2 is 0.970 bits per heavy atom. The fraction of sp³-hybridized carbons (Fsp3) is 0.111. The molecule has 0 aliphatic carbocycles. The van der Waals surface area contributed by atoms with Crippen LogP contribution >= 0.6 is 0 Å². The molecule has 66 heavy (non-hydrogen) atoms. The largest absolute Gasteiger partial charge is 0.573 e. The SMILES string of the molecule is CC(=O)c1cccc(Cn2cc(-c3nc(-c4ccc(OC(F)(F)F)cc4)no3)ccc2=O)c1.NC(=O)c1cccc(Cn2cc(-c3nc(-c4ccc(OC(F)(F)F)cc4)no3)ccc2=O)c1. The van der Waals surface area contributed by atoms with Gasteiger partial charge in [-0.1, -0.05) is 40.6 Å². The van der Waals surface area contributed by atoms with Gasteiger partial charge in [0, 0.05) is 46.8 Å². The number of ether oxygens (including phenoxy) is 2. The monoisotopic (exact) mass is 911 g/mol. The summed E-state index contributed by atoms with van der Waals surface area (Å²) in [6, 6.07) is 29.3. The topological polar surface area (TPSA) is 200 Å². The van der Waals surface area contributed by atoms with E-state index in [1.165, 1.54) is 70.8 Å². The number of carbonyl (C=O) groups is 2. The van der Waals surface area contributed by atoms with E-state index in [9.17, 15) is 45.5 Å². The lowest BCUT2D eigenvalue weighted by Crippen LogP contribution is -2.19. The van der Waals surface area contributed by atoms with Gasteiger partial charge >= 0.3 is 12.7 Å². The van der Waals surface area contributed by atoms with Crippen molar-refractivity contribution in [3.63, 3.8) is 0 Å². The highest BCUT2D eigenvalue weighted by molar-refractivity contribution is 5.94. The van der Waals surface area contributed by atoms with E-state index in [0.29, 0.717) is 38.9 Å². The zero-order valence-corrected chi connectivity index (χ0v) is 33.9. The molecule has 4 aromatic carbocycles. The Bertz CT molecular complexity index is 2930. The van der Waals surface area contributed by atoms with Crippen LogP contribution in [0.15, 0.2) is 152 Å². The molecule has 8 rings (SSSR count). The van der Waals surface area contributed by atoms with Crippen LogP contribution in [-0.4, -0.2) is 53.8 Å². The summed E-state index contributed by atoms with van der Waals surface area (Å²) >= 11 is 0. The molecule has 1 amide bonds. The third-order valence-electron chi connectivity index (χ3n) is 9.26. The predicted molar refractivity (Wildman–Crippen MR) is 222 cm³/mol. The first-order chi connectivity index (χ1) is 31.4. The van der Waals surface area contributed by atoms with E-state index in [-0.39, 0.29) is 64.9 Å². The highest BCUT2D eigenvalue weighted by atomic mass is 19.4. The van der Waals surface area contributed by atoms with Crippen molar-refractivity contribution in [2.75, 3.05) is 0 Å². The van der Waals surface area contributed by atoms with Gasteiger partial charge in [-0.25, -0.2) is 0 Å². The zero-order valence-electron chi connectivity index (χ0n) is 33.9. The third-order valence-corrected chi connectivity index (χ3v) is 9.26. The van der Waals surface area contributed by atoms with Crippen molar-refractivity contribution >= 4 is 11.7 Å². The number of aromatic nitrogens is 6. The second-order valence-corrected chi connectivity index (χ2v) is 14.1. The van der Waals surface area contributed by atoms with Crippen LogP contribution in [0.2, 0.25) is 0 Å². The molecule has 0 fully saturated rings. The van der Waals surface area contributed by atoms with Crippen molar-refractivity contribution in [1.82, 2.24) is 29.4 Å². The van der Waals surface area contributed by atoms with Crippen molar-refractivity contribution in [1.29, 1.82) is 0 Å². The van der Waals surface area contributed by atoms with E-state index in [1.54, 1.807) is 48.7 Å². The Labute approximate surface area is 367 Å². The number of benzene rings is 4. The molecule has 0 saturated carbocycles. The van der Waals surface area contributed by atoms with Gasteiger partial charge in [-0.3, -0.25) is 19.2 Å². The summed E-state index contributed by atoms with van der Waals surface area (Å²) in [5, 5.41) is 7.71. The summed E-state index contributed by atoms with van der Waals surface area (Å²) in [4.78, 5) is 56.1. The van der Waals surface area contributed by atoms with E-state index < -0.39 is 18.6 Å². The average molecular weight is 912 g/mol. The van der Waals surface area contributed by atoms with Gasteiger partial charge in [-0.05, 0) is 96.9 Å². The maximum Gasteiger partial charge on any atom is 0.573 e. The van der Waals surface area contributed by atoms with Crippen LogP contribution in [-0.2, 0) is 13.1 Å². The zero-order chi connectivity index (χ0) is 47.2. The Morgan fingerprint density at radius 1 is 0.576 bits per heavy atom. The number of ketones is 1. The number of primary amides is 1. The Hall–Kier alpha value is -8.62. The standard InChI is InChI=1S/C23H16F3N3O4.C22H15F3N4O4/c1-14(30)17-4-2-3-15(11-17)12-29-13-18(7-10-20(29)31)22-27-21(28-33-22)16-5-8-19(9-6-16)32-23(24,25)26;23-22(24,25)32-17-7-4-14(5-8-17)20-27-21(33-28-20)16-6-9-18(30)29(12-16)11-13-2-1-3-15(10-13)19(26)31/h2-11,13H,12H2,1H3;1-10,12H,11H2,(H2,26,31). The lowest BCUT2D eigenvalue weighted by atomic mass is 10.1. The molecule has 4 aromatic heterocycles. The van der Waals surface area contributed by atoms with Gasteiger partial charge in [0.2, 0.25) is 17.6 Å². The first-order valence-electron chi connectivity index (χ1n) is 19.2. The fourth-order valence-electron chi connectivity index (χ4n) is 6.20. The highest BCUT2D eigenvalue weighted by Gasteiger charge is 2.32. The number of carbonyl (C=O) groups excluding carboxylic acids is 2. The molecule has 336 valence electrons. The van der Waals surface area contributed by atoms with Gasteiger partial charge in [0.05, 0.1) is 24.2 Å². The second-order valence-electron chi connectivity index (χ2n) is 14.1. The summed E-state index contributed by atoms with van der Waals surface area (Å²) in [7, 11) is 0. The molecule has 0 radical (unpaired) electrons. The number of hydrogen-bond acceptors (Lipinski definition) is 12. The number of Topliss-reactive ketones (excluding diaryl/α,β-unsaturated/α-hetero) is 1. The van der Waals surface area contributed by atoms with Crippen molar-refractivity contribution in [2.24, 2.45) is 5.73 Å². The maximum atomic E-state index is 12.3. The summed E-state index contributed by atoms with van der Waals surface area (Å²) in [6.07, 6.45) is -6.49. The first-order valence-corrected chi connectivity index (χ1v) is 19.2. The summed E-state index contributed by atoms with van der Waals surface area (Å²) in [5.41, 5.74) is 8.86. The van der Waals surface area contributed by atoms with Gasteiger partial charge in [0.15, 0.2) is 5.78 Å². The number of hydrogen-bond donors (Lipinski definition) is 1. The van der Waals surface area contributed by atoms with Crippen molar-refractivity contribution < 1.29 is 54.5 Å². The fourth-order valence-corrected chi connectivity index (χ4v) is 6.20. The molecular weight excluding hydrogens is 881 g/mol. The summed E-state index contributed by atoms with van der Waals surface area (Å²) in [5.74, 6) is -0.833. The molecule has 0 spiro atoms. The third kappa shape index (κ3) is 11.9. The van der Waals surface area contributed by atoms with E-state index >= 15 is 0 Å². The number of halogens is 6. The Balaban J connectivity index is 0.000000196. The molecule has 0 saturated heterocycles. The predicted octanol–water partition coefficient (Wildman–Crippen LogP) is 8.33. The van der Waals surface area contributed by atoms with Gasteiger partial charge in [-0.2, -0.15) is 9.97 Å². The van der Waals surface area contributed by atoms with Crippen molar-refractivity contribution in [3.8, 4) is 57.2 Å². The van der Waals surface area contributed by atoms with Crippen LogP contribution < -0.4 is 26.3 Å². The maximum absolute atomic E-state index is 12.3. The quantitative estimate of drug-likeness (QED) is 0.0909. The second kappa shape index (κ2) is 19.0. The Kier molecular flexibility index (Phi) is 13.1. The van der Waals surface area contributed by atoms with Gasteiger partial charge < -0.3 is 33.4 Å². The van der Waals surface area contributed by atoms with E-state index in [1.807, 2.05) is 6.07 Å². The molecule has 0 aliphatic rings. The lowest BCUT2D eigenvalue weighted by Gasteiger charge is -2.08. The number of pyridine rings is 2. The van der Waals surface area contributed by atoms with Crippen LogP contribution in [0, 0.1) is 0 Å². The average Bonchev–Trinajstić information content (AvgIpc) is 3.97. The van der Waals surface area contributed by atoms with Crippen LogP contribution in [0.5, 0.6) is 11.5 Å². The van der Waals surface area contributed by atoms with Gasteiger partial charge in [0.25, 0.3) is 22.9 Å². The van der Waals surface area contributed by atoms with E-state index in [4.69, 9.17) is 14.8 Å². The van der Waals surface area contributed by atoms with Crippen molar-refractivity contribution in [3.05, 3.63) is 177 Å². The number of amides is 1. The summed E-state index contributed by atoms with van der Waals surface area (Å²) in [6.45, 7) is 1.88. The smallest absolute Gasteiger partial charge is 0.406 e. The lowest BCUT2D eigenvalue weighted by molar-refractivity contribution is -0.275. The first kappa shape index (κ1) is 45.4. The molecule has 0 bridgehead atoms. The van der Waals surface area contributed by atoms with Crippen LogP contribution in [0.3, 0.4) is 0 Å². The molecule has 2 N–H and O–H groups in total. The molecule has 8 aromatic rings. The van der Waals surface area contributed by atoms with Crippen molar-refractivity contribution in [2.45, 2.75) is 32.7 Å². The molecule has 0 aliphatic heterocycles. The van der Waals surface area contributed by atoms with E-state index in [0.717, 1.165) is 29.8 Å². The molecule has 0 atom stereocenters. The minimum absolute atomic E-state index is 0.0747. The minimum atomic E-state index is -4.79. The van der Waals surface area contributed by atoms with Gasteiger partial charge in [-0.15, -0.1) is 26.3 Å². The van der Waals surface area contributed by atoms with E-state index in [2.05, 4.69) is 29.8 Å². The highest BCUT2D eigenvalue weighted by Crippen LogP contribution is 2.29. The minimum Gasteiger partial charge on any atom is -0.406 e. The molecule has 21 heteroatoms. The number of alkyl halides is 6.